The van der Waals surface area contributed by atoms with E-state index in [1.165, 1.54) is 11.7 Å². The number of rotatable bonds is 5. The van der Waals surface area contributed by atoms with E-state index in [1.807, 2.05) is 0 Å². The number of anilines is 2. The molecule has 2 N–H and O–H groups in total. The number of halogens is 3. The summed E-state index contributed by atoms with van der Waals surface area (Å²) < 4.78 is 69.8. The lowest BCUT2D eigenvalue weighted by Crippen LogP contribution is -2.32. The summed E-state index contributed by atoms with van der Waals surface area (Å²) in [6.45, 7) is -1.19. The van der Waals surface area contributed by atoms with Crippen molar-refractivity contribution in [3.63, 3.8) is 0 Å². The van der Waals surface area contributed by atoms with E-state index < -0.39 is 28.7 Å². The molecule has 34 heavy (non-hydrogen) atoms. The third kappa shape index (κ3) is 5.46. The monoisotopic (exact) mass is 495 g/mol. The molecule has 1 aromatic heterocycles. The first kappa shape index (κ1) is 23.9. The van der Waals surface area contributed by atoms with Crippen molar-refractivity contribution in [3.8, 4) is 11.3 Å². The van der Waals surface area contributed by atoms with Crippen LogP contribution in [0.1, 0.15) is 12.8 Å². The van der Waals surface area contributed by atoms with Gasteiger partial charge in [0.1, 0.15) is 16.4 Å². The summed E-state index contributed by atoms with van der Waals surface area (Å²) in [6.07, 6.45) is -4.26. The molecule has 0 atom stereocenters. The van der Waals surface area contributed by atoms with Gasteiger partial charge in [0.15, 0.2) is 0 Å². The fourth-order valence-corrected chi connectivity index (χ4v) is 5.67. The van der Waals surface area contributed by atoms with E-state index in [1.54, 1.807) is 48.5 Å². The van der Waals surface area contributed by atoms with Gasteiger partial charge < -0.3 is 14.6 Å². The van der Waals surface area contributed by atoms with Crippen LogP contribution in [0.3, 0.4) is 0 Å². The van der Waals surface area contributed by atoms with Gasteiger partial charge >= 0.3 is 12.3 Å². The van der Waals surface area contributed by atoms with Crippen molar-refractivity contribution in [2.45, 2.75) is 31.6 Å². The molecule has 4 rings (SSSR count). The van der Waals surface area contributed by atoms with Gasteiger partial charge in [-0.15, -0.1) is 0 Å². The molecule has 1 amide bonds. The van der Waals surface area contributed by atoms with Crippen molar-refractivity contribution in [2.24, 2.45) is 0 Å². The van der Waals surface area contributed by atoms with Crippen LogP contribution in [0, 0.1) is 0 Å². The predicted molar refractivity (Wildman–Crippen MR) is 125 cm³/mol. The summed E-state index contributed by atoms with van der Waals surface area (Å²) in [5.74, 6) is 0.169. The van der Waals surface area contributed by atoms with E-state index in [-0.39, 0.29) is 17.5 Å². The molecule has 0 unspecified atom stereocenters. The van der Waals surface area contributed by atoms with Crippen molar-refractivity contribution >= 4 is 38.2 Å². The van der Waals surface area contributed by atoms with E-state index in [0.29, 0.717) is 46.4 Å². The molecule has 182 valence electrons. The Morgan fingerprint density at radius 2 is 1.82 bits per heavy atom. The first-order valence-corrected chi connectivity index (χ1v) is 12.5. The Morgan fingerprint density at radius 3 is 2.50 bits per heavy atom. The molecule has 2 heterocycles. The van der Waals surface area contributed by atoms with Gasteiger partial charge in [-0.2, -0.15) is 13.2 Å². The lowest BCUT2D eigenvalue weighted by molar-refractivity contribution is -0.139. The molecule has 11 heteroatoms. The second kappa shape index (κ2) is 9.21. The van der Waals surface area contributed by atoms with Crippen molar-refractivity contribution in [3.05, 3.63) is 48.5 Å². The molecule has 0 spiro atoms. The molecule has 0 bridgehead atoms. The highest BCUT2D eigenvalue weighted by Crippen LogP contribution is 2.36. The zero-order valence-electron chi connectivity index (χ0n) is 18.4. The van der Waals surface area contributed by atoms with Gasteiger partial charge in [0.25, 0.3) is 0 Å². The zero-order chi connectivity index (χ0) is 24.5. The number of amides is 1. The number of hydrogen-bond acceptors (Lipinski definition) is 5. The normalized spacial score (nSPS) is 16.4. The number of benzene rings is 2. The smallest absolute Gasteiger partial charge is 0.411 e. The van der Waals surface area contributed by atoms with E-state index >= 15 is 0 Å². The zero-order valence-corrected chi connectivity index (χ0v) is 19.2. The highest BCUT2D eigenvalue weighted by molar-refractivity contribution is 7.91. The Labute approximate surface area is 194 Å². The van der Waals surface area contributed by atoms with Crippen molar-refractivity contribution in [1.82, 2.24) is 4.57 Å². The Hall–Kier alpha value is -3.21. The predicted octanol–water partition coefficient (Wildman–Crippen LogP) is 5.04. The summed E-state index contributed by atoms with van der Waals surface area (Å²) in [7, 11) is -1.81. The summed E-state index contributed by atoms with van der Waals surface area (Å²) in [4.78, 5) is 11.6. The molecule has 0 aliphatic carbocycles. The van der Waals surface area contributed by atoms with E-state index in [9.17, 15) is 26.4 Å². The first-order valence-electron chi connectivity index (χ1n) is 10.7. The SMILES string of the molecule is COC(=O)Nc1cccc(-c2cc3c(NC4CCS(=O)(=O)CC4)cccc3n2CC(F)(F)F)c1. The molecule has 1 aliphatic rings. The maximum absolute atomic E-state index is 13.5. The Balaban J connectivity index is 1.76. The third-order valence-corrected chi connectivity index (χ3v) is 7.50. The van der Waals surface area contributed by atoms with Crippen LogP contribution in [-0.4, -0.2) is 49.9 Å². The van der Waals surface area contributed by atoms with Gasteiger partial charge in [0.05, 0.1) is 24.1 Å². The van der Waals surface area contributed by atoms with Gasteiger partial charge in [0.2, 0.25) is 0 Å². The summed E-state index contributed by atoms with van der Waals surface area (Å²) in [5.41, 5.74) is 2.25. The summed E-state index contributed by atoms with van der Waals surface area (Å²) in [5, 5.41) is 6.45. The second-order valence-electron chi connectivity index (χ2n) is 8.24. The number of carbonyl (C=O) groups excluding carboxylic acids is 1. The highest BCUT2D eigenvalue weighted by atomic mass is 32.2. The molecule has 2 aromatic carbocycles. The molecule has 1 aliphatic heterocycles. The number of sulfone groups is 1. The molecule has 3 aromatic rings. The van der Waals surface area contributed by atoms with Crippen LogP contribution in [0.4, 0.5) is 29.3 Å². The molecule has 0 radical (unpaired) electrons. The van der Waals surface area contributed by atoms with E-state index in [0.717, 1.165) is 0 Å². The Bertz CT molecular complexity index is 1300. The van der Waals surface area contributed by atoms with Crippen LogP contribution in [0.15, 0.2) is 48.5 Å². The maximum atomic E-state index is 13.5. The molecular formula is C23H24F3N3O4S. The van der Waals surface area contributed by atoms with Crippen molar-refractivity contribution in [1.29, 1.82) is 0 Å². The third-order valence-electron chi connectivity index (χ3n) is 5.79. The Morgan fingerprint density at radius 1 is 1.12 bits per heavy atom. The van der Waals surface area contributed by atoms with Gasteiger partial charge in [0, 0.05) is 34.1 Å². The standard InChI is InChI=1S/C23H24F3N3O4S/c1-33-22(30)28-17-5-2-4-15(12-17)21-13-18-19(27-16-8-10-34(31,32)11-9-16)6-3-7-20(18)29(21)14-23(24,25)26/h2-7,12-13,16,27H,8-11,14H2,1H3,(H,28,30). The molecule has 1 fully saturated rings. The number of carbonyl (C=O) groups is 1. The van der Waals surface area contributed by atoms with Crippen LogP contribution in [0.25, 0.3) is 22.2 Å². The minimum absolute atomic E-state index is 0.0843. The van der Waals surface area contributed by atoms with Crippen LogP contribution in [-0.2, 0) is 21.1 Å². The first-order chi connectivity index (χ1) is 16.0. The number of fused-ring (bicyclic) bond motifs is 1. The molecule has 1 saturated heterocycles. The van der Waals surface area contributed by atoms with Crippen molar-refractivity contribution < 1.29 is 31.1 Å². The van der Waals surface area contributed by atoms with Gasteiger partial charge in [-0.3, -0.25) is 5.32 Å². The number of methoxy groups -OCH3 is 1. The lowest BCUT2D eigenvalue weighted by Gasteiger charge is -2.24. The van der Waals surface area contributed by atoms with E-state index in [2.05, 4.69) is 15.4 Å². The average molecular weight is 496 g/mol. The fraction of sp³-hybridized carbons (Fsp3) is 0.348. The van der Waals surface area contributed by atoms with Crippen LogP contribution < -0.4 is 10.6 Å². The fourth-order valence-electron chi connectivity index (χ4n) is 4.18. The van der Waals surface area contributed by atoms with Gasteiger partial charge in [-0.05, 0) is 43.2 Å². The number of hydrogen-bond donors (Lipinski definition) is 2. The number of aromatic nitrogens is 1. The minimum Gasteiger partial charge on any atom is -0.453 e. The maximum Gasteiger partial charge on any atom is 0.411 e. The number of ether oxygens (including phenoxy) is 1. The number of nitrogens with one attached hydrogen (secondary N) is 2. The highest BCUT2D eigenvalue weighted by Gasteiger charge is 2.31. The lowest BCUT2D eigenvalue weighted by atomic mass is 10.1. The summed E-state index contributed by atoms with van der Waals surface area (Å²) in [6, 6.07) is 13.2. The van der Waals surface area contributed by atoms with Crippen LogP contribution in [0.5, 0.6) is 0 Å². The number of nitrogens with zero attached hydrogens (tertiary/aromatic N) is 1. The minimum atomic E-state index is -4.45. The largest absolute Gasteiger partial charge is 0.453 e. The van der Waals surface area contributed by atoms with Crippen molar-refractivity contribution in [2.75, 3.05) is 29.2 Å². The average Bonchev–Trinajstić information content (AvgIpc) is 3.13. The van der Waals surface area contributed by atoms with E-state index in [4.69, 9.17) is 0 Å². The molecule has 0 saturated carbocycles. The number of alkyl halides is 3. The van der Waals surface area contributed by atoms with Crippen LogP contribution in [0.2, 0.25) is 0 Å². The second-order valence-corrected chi connectivity index (χ2v) is 10.5. The van der Waals surface area contributed by atoms with Gasteiger partial charge in [-0.1, -0.05) is 18.2 Å². The molecular weight excluding hydrogens is 471 g/mol. The van der Waals surface area contributed by atoms with Crippen LogP contribution >= 0.6 is 0 Å². The quantitative estimate of drug-likeness (QED) is 0.518. The summed E-state index contributed by atoms with van der Waals surface area (Å²) >= 11 is 0. The Kier molecular flexibility index (Phi) is 6.48. The topological polar surface area (TPSA) is 89.4 Å². The van der Waals surface area contributed by atoms with Gasteiger partial charge in [-0.25, -0.2) is 13.2 Å². The molecule has 7 nitrogen and oxygen atoms in total.